The quantitative estimate of drug-likeness (QED) is 0.295. The van der Waals surface area contributed by atoms with E-state index >= 15 is 0 Å². The first-order valence-electron chi connectivity index (χ1n) is 10.2. The summed E-state index contributed by atoms with van der Waals surface area (Å²) in [6.45, 7) is 0. The number of benzene rings is 4. The SMILES string of the molecule is c1ccc(-c2ccc(-c3cc(-c4ccc5c(c4)sc4ccccc45)ncn3)cc2)cc1. The highest BCUT2D eigenvalue weighted by Gasteiger charge is 2.09. The second-order valence-corrected chi connectivity index (χ2v) is 8.62. The first kappa shape index (κ1) is 18.0. The number of hydrogen-bond acceptors (Lipinski definition) is 3. The van der Waals surface area contributed by atoms with Crippen LogP contribution in [0.1, 0.15) is 0 Å². The van der Waals surface area contributed by atoms with Crippen molar-refractivity contribution in [2.24, 2.45) is 0 Å². The van der Waals surface area contributed by atoms with Crippen molar-refractivity contribution in [2.45, 2.75) is 0 Å². The summed E-state index contributed by atoms with van der Waals surface area (Å²) in [7, 11) is 0. The zero-order valence-electron chi connectivity index (χ0n) is 16.7. The average molecular weight is 415 g/mol. The van der Waals surface area contributed by atoms with Crippen molar-refractivity contribution < 1.29 is 0 Å². The van der Waals surface area contributed by atoms with Crippen LogP contribution in [0.25, 0.3) is 53.8 Å². The van der Waals surface area contributed by atoms with Crippen molar-refractivity contribution in [2.75, 3.05) is 0 Å². The number of aromatic nitrogens is 2. The molecule has 0 N–H and O–H groups in total. The first-order chi connectivity index (χ1) is 15.3. The Bertz CT molecular complexity index is 1520. The summed E-state index contributed by atoms with van der Waals surface area (Å²) in [6.07, 6.45) is 1.66. The molecule has 2 nitrogen and oxygen atoms in total. The smallest absolute Gasteiger partial charge is 0.116 e. The number of hydrogen-bond donors (Lipinski definition) is 0. The van der Waals surface area contributed by atoms with Crippen LogP contribution in [0.4, 0.5) is 0 Å². The number of fused-ring (bicyclic) bond motifs is 3. The molecule has 2 heterocycles. The lowest BCUT2D eigenvalue weighted by Crippen LogP contribution is -1.89. The zero-order valence-corrected chi connectivity index (χ0v) is 17.5. The second-order valence-electron chi connectivity index (χ2n) is 7.54. The van der Waals surface area contributed by atoms with Crippen molar-refractivity contribution >= 4 is 31.5 Å². The molecule has 0 saturated carbocycles. The fourth-order valence-corrected chi connectivity index (χ4v) is 5.17. The van der Waals surface area contributed by atoms with Crippen molar-refractivity contribution in [1.29, 1.82) is 0 Å². The predicted octanol–water partition coefficient (Wildman–Crippen LogP) is 7.85. The molecule has 31 heavy (non-hydrogen) atoms. The van der Waals surface area contributed by atoms with Gasteiger partial charge in [0.1, 0.15) is 6.33 Å². The molecule has 4 aromatic carbocycles. The van der Waals surface area contributed by atoms with E-state index in [2.05, 4.69) is 107 Å². The van der Waals surface area contributed by atoms with Gasteiger partial charge in [0.05, 0.1) is 11.4 Å². The van der Waals surface area contributed by atoms with Crippen LogP contribution in [0.2, 0.25) is 0 Å². The topological polar surface area (TPSA) is 25.8 Å². The van der Waals surface area contributed by atoms with Gasteiger partial charge in [-0.05, 0) is 29.3 Å². The molecule has 0 fully saturated rings. The summed E-state index contributed by atoms with van der Waals surface area (Å²) in [5, 5.41) is 2.62. The normalized spacial score (nSPS) is 11.2. The Labute approximate surface area is 184 Å². The Kier molecular flexibility index (Phi) is 4.33. The van der Waals surface area contributed by atoms with Crippen molar-refractivity contribution in [3.8, 4) is 33.6 Å². The number of rotatable bonds is 3. The van der Waals surface area contributed by atoms with Crippen molar-refractivity contribution in [1.82, 2.24) is 9.97 Å². The van der Waals surface area contributed by atoms with Crippen LogP contribution in [-0.2, 0) is 0 Å². The van der Waals surface area contributed by atoms with E-state index in [0.717, 1.165) is 22.5 Å². The summed E-state index contributed by atoms with van der Waals surface area (Å²) < 4.78 is 2.60. The Morgan fingerprint density at radius 1 is 0.452 bits per heavy atom. The van der Waals surface area contributed by atoms with Crippen LogP contribution in [-0.4, -0.2) is 9.97 Å². The van der Waals surface area contributed by atoms with E-state index in [-0.39, 0.29) is 0 Å². The minimum Gasteiger partial charge on any atom is -0.236 e. The summed E-state index contributed by atoms with van der Waals surface area (Å²) >= 11 is 1.83. The summed E-state index contributed by atoms with van der Waals surface area (Å²) in [5.74, 6) is 0. The molecule has 0 aliphatic carbocycles. The lowest BCUT2D eigenvalue weighted by atomic mass is 10.0. The number of thiophene rings is 1. The van der Waals surface area contributed by atoms with E-state index in [4.69, 9.17) is 0 Å². The maximum Gasteiger partial charge on any atom is 0.116 e. The van der Waals surface area contributed by atoms with Gasteiger partial charge in [-0.2, -0.15) is 0 Å². The van der Waals surface area contributed by atoms with E-state index in [1.165, 1.54) is 31.3 Å². The number of nitrogens with zero attached hydrogens (tertiary/aromatic N) is 2. The highest BCUT2D eigenvalue weighted by atomic mass is 32.1. The molecule has 0 aliphatic heterocycles. The largest absolute Gasteiger partial charge is 0.236 e. The molecule has 3 heteroatoms. The zero-order chi connectivity index (χ0) is 20.6. The molecule has 0 atom stereocenters. The summed E-state index contributed by atoms with van der Waals surface area (Å²) in [4.78, 5) is 9.08. The van der Waals surface area contributed by atoms with Crippen LogP contribution in [0.3, 0.4) is 0 Å². The van der Waals surface area contributed by atoms with Crippen molar-refractivity contribution in [3.63, 3.8) is 0 Å². The molecule has 0 amide bonds. The van der Waals surface area contributed by atoms with Crippen LogP contribution in [0, 0.1) is 0 Å². The molecular weight excluding hydrogens is 396 g/mol. The van der Waals surface area contributed by atoms with E-state index in [1.54, 1.807) is 6.33 Å². The first-order valence-corrected chi connectivity index (χ1v) is 11.1. The lowest BCUT2D eigenvalue weighted by molar-refractivity contribution is 1.18. The van der Waals surface area contributed by atoms with Gasteiger partial charge in [-0.3, -0.25) is 0 Å². The molecule has 0 bridgehead atoms. The third-order valence-corrected chi connectivity index (χ3v) is 6.76. The Hall–Kier alpha value is -3.82. The molecule has 6 rings (SSSR count). The fourth-order valence-electron chi connectivity index (χ4n) is 4.02. The highest BCUT2D eigenvalue weighted by molar-refractivity contribution is 7.25. The maximum atomic E-state index is 4.55. The van der Waals surface area contributed by atoms with E-state index in [0.29, 0.717) is 0 Å². The van der Waals surface area contributed by atoms with E-state index < -0.39 is 0 Å². The standard InChI is InChI=1S/C28H18N2S/c1-2-6-19(7-3-1)20-10-12-21(13-11-20)25-17-26(30-18-29-25)22-14-15-24-23-8-4-5-9-27(23)31-28(24)16-22/h1-18H. The van der Waals surface area contributed by atoms with Crippen LogP contribution >= 0.6 is 11.3 Å². The molecular formula is C28H18N2S. The highest BCUT2D eigenvalue weighted by Crippen LogP contribution is 2.36. The van der Waals surface area contributed by atoms with Gasteiger partial charge in [-0.1, -0.05) is 84.9 Å². The lowest BCUT2D eigenvalue weighted by Gasteiger charge is -2.06. The molecule has 146 valence electrons. The van der Waals surface area contributed by atoms with Gasteiger partial charge in [-0.25, -0.2) is 9.97 Å². The molecule has 2 aromatic heterocycles. The van der Waals surface area contributed by atoms with Gasteiger partial charge < -0.3 is 0 Å². The van der Waals surface area contributed by atoms with Gasteiger partial charge in [-0.15, -0.1) is 11.3 Å². The monoisotopic (exact) mass is 414 g/mol. The van der Waals surface area contributed by atoms with Gasteiger partial charge in [0.25, 0.3) is 0 Å². The molecule has 0 unspecified atom stereocenters. The van der Waals surface area contributed by atoms with Gasteiger partial charge in [0.2, 0.25) is 0 Å². The molecule has 6 aromatic rings. The van der Waals surface area contributed by atoms with E-state index in [1.807, 2.05) is 17.4 Å². The van der Waals surface area contributed by atoms with Crippen LogP contribution in [0.5, 0.6) is 0 Å². The molecule has 0 radical (unpaired) electrons. The molecule has 0 spiro atoms. The van der Waals surface area contributed by atoms with Crippen LogP contribution < -0.4 is 0 Å². The average Bonchev–Trinajstić information content (AvgIpc) is 3.23. The van der Waals surface area contributed by atoms with Gasteiger partial charge in [0, 0.05) is 31.3 Å². The van der Waals surface area contributed by atoms with Gasteiger partial charge in [0.15, 0.2) is 0 Å². The molecule has 0 aliphatic rings. The second kappa shape index (κ2) is 7.46. The Balaban J connectivity index is 1.37. The third kappa shape index (κ3) is 3.29. The van der Waals surface area contributed by atoms with Gasteiger partial charge >= 0.3 is 0 Å². The minimum atomic E-state index is 0.932. The predicted molar refractivity (Wildman–Crippen MR) is 131 cm³/mol. The Morgan fingerprint density at radius 2 is 1.06 bits per heavy atom. The van der Waals surface area contributed by atoms with E-state index in [9.17, 15) is 0 Å². The van der Waals surface area contributed by atoms with Crippen LogP contribution in [0.15, 0.2) is 109 Å². The minimum absolute atomic E-state index is 0.932. The third-order valence-electron chi connectivity index (χ3n) is 5.63. The molecule has 0 saturated heterocycles. The van der Waals surface area contributed by atoms with Crippen molar-refractivity contribution in [3.05, 3.63) is 109 Å². The fraction of sp³-hybridized carbons (Fsp3) is 0. The summed E-state index contributed by atoms with van der Waals surface area (Å²) in [5.41, 5.74) is 6.50. The Morgan fingerprint density at radius 3 is 1.90 bits per heavy atom. The summed E-state index contributed by atoms with van der Waals surface area (Å²) in [6, 6.07) is 36.2. The maximum absolute atomic E-state index is 4.55.